The molecule has 3 aliphatic rings. The van der Waals surface area contributed by atoms with Crippen molar-refractivity contribution in [1.82, 2.24) is 4.90 Å². The Balaban J connectivity index is 1.54. The number of ketones is 1. The number of aliphatic hydroxyl groups is 1. The van der Waals surface area contributed by atoms with Gasteiger partial charge in [0, 0.05) is 16.9 Å². The molecule has 5 heteroatoms. The smallest absolute Gasteiger partial charge is 0.173 e. The molecule has 1 aromatic carbocycles. The molecule has 0 spiro atoms. The fourth-order valence-electron chi connectivity index (χ4n) is 4.63. The molecule has 4 atom stereocenters. The molecule has 140 valence electrons. The highest BCUT2D eigenvalue weighted by Crippen LogP contribution is 2.40. The van der Waals surface area contributed by atoms with Crippen LogP contribution in [0, 0.1) is 11.8 Å². The lowest BCUT2D eigenvalue weighted by molar-refractivity contribution is -0.133. The van der Waals surface area contributed by atoms with Crippen molar-refractivity contribution in [3.63, 3.8) is 0 Å². The summed E-state index contributed by atoms with van der Waals surface area (Å²) in [5, 5.41) is 10.6. The molecule has 1 aliphatic carbocycles. The van der Waals surface area contributed by atoms with Gasteiger partial charge in [-0.2, -0.15) is 0 Å². The molecule has 1 saturated carbocycles. The lowest BCUT2D eigenvalue weighted by Crippen LogP contribution is -2.52. The summed E-state index contributed by atoms with van der Waals surface area (Å²) in [5.74, 6) is 0.0365. The number of benzene rings is 1. The first-order chi connectivity index (χ1) is 12.6. The minimum Gasteiger partial charge on any atom is -0.496 e. The van der Waals surface area contributed by atoms with Crippen molar-refractivity contribution in [1.29, 1.82) is 0 Å². The molecule has 4 nitrogen and oxygen atoms in total. The molecule has 2 heterocycles. The third-order valence-electron chi connectivity index (χ3n) is 6.10. The fourth-order valence-corrected chi connectivity index (χ4v) is 4.90. The van der Waals surface area contributed by atoms with Crippen LogP contribution in [-0.4, -0.2) is 47.6 Å². The van der Waals surface area contributed by atoms with Crippen LogP contribution in [0.4, 0.5) is 0 Å². The Bertz CT molecular complexity index is 681. The molecular weight excluding hydrogens is 394 g/mol. The van der Waals surface area contributed by atoms with E-state index in [1.165, 1.54) is 19.3 Å². The van der Waals surface area contributed by atoms with Gasteiger partial charge in [-0.25, -0.2) is 0 Å². The molecule has 1 N–H and O–H groups in total. The number of fused-ring (bicyclic) bond motifs is 1. The lowest BCUT2D eigenvalue weighted by Gasteiger charge is -2.44. The maximum Gasteiger partial charge on any atom is 0.173 e. The Hall–Kier alpha value is -1.17. The number of hydrogen-bond acceptors (Lipinski definition) is 4. The highest BCUT2D eigenvalue weighted by molar-refractivity contribution is 9.10. The molecule has 0 amide bonds. The van der Waals surface area contributed by atoms with Gasteiger partial charge >= 0.3 is 0 Å². The summed E-state index contributed by atoms with van der Waals surface area (Å²) >= 11 is 3.43. The summed E-state index contributed by atoms with van der Waals surface area (Å²) in [6.45, 7) is 3.01. The maximum absolute atomic E-state index is 13.1. The molecule has 2 aliphatic heterocycles. The third-order valence-corrected chi connectivity index (χ3v) is 6.63. The predicted octanol–water partition coefficient (Wildman–Crippen LogP) is 3.63. The number of ether oxygens (including phenoxy) is 1. The number of aliphatic hydroxyl groups excluding tert-OH is 1. The number of piperidine rings is 1. The summed E-state index contributed by atoms with van der Waals surface area (Å²) < 4.78 is 7.08. The van der Waals surface area contributed by atoms with E-state index in [1.807, 2.05) is 24.3 Å². The molecule has 0 aromatic heterocycles. The van der Waals surface area contributed by atoms with E-state index in [0.29, 0.717) is 18.4 Å². The van der Waals surface area contributed by atoms with Crippen LogP contribution in [0.15, 0.2) is 35.0 Å². The molecule has 0 radical (unpaired) electrons. The van der Waals surface area contributed by atoms with Gasteiger partial charge in [-0.1, -0.05) is 34.5 Å². The highest BCUT2D eigenvalue weighted by atomic mass is 79.9. The molecule has 4 rings (SSSR count). The average Bonchev–Trinajstić information content (AvgIpc) is 2.66. The monoisotopic (exact) mass is 419 g/mol. The topological polar surface area (TPSA) is 49.8 Å². The molecule has 0 bridgehead atoms. The van der Waals surface area contributed by atoms with Crippen molar-refractivity contribution in [2.24, 2.45) is 11.8 Å². The summed E-state index contributed by atoms with van der Waals surface area (Å²) in [5.41, 5.74) is 1.56. The highest BCUT2D eigenvalue weighted by Gasteiger charge is 2.46. The van der Waals surface area contributed by atoms with Crippen molar-refractivity contribution >= 4 is 27.3 Å². The minimum atomic E-state index is -0.381. The Morgan fingerprint density at radius 3 is 2.58 bits per heavy atom. The first-order valence-electron chi connectivity index (χ1n) is 9.69. The van der Waals surface area contributed by atoms with Crippen LogP contribution in [0.5, 0.6) is 0 Å². The van der Waals surface area contributed by atoms with E-state index in [1.54, 1.807) is 6.26 Å². The molecule has 1 saturated heterocycles. The lowest BCUT2D eigenvalue weighted by atomic mass is 9.72. The van der Waals surface area contributed by atoms with Crippen molar-refractivity contribution in [3.8, 4) is 0 Å². The first-order valence-corrected chi connectivity index (χ1v) is 10.5. The number of Topliss-reactive ketones (excluding diaryl/α,β-unsaturated/α-hetero) is 1. The molecule has 26 heavy (non-hydrogen) atoms. The number of halogens is 1. The van der Waals surface area contributed by atoms with E-state index in [0.717, 1.165) is 29.7 Å². The van der Waals surface area contributed by atoms with Crippen LogP contribution in [-0.2, 0) is 9.53 Å². The molecule has 2 fully saturated rings. The second-order valence-corrected chi connectivity index (χ2v) is 8.70. The van der Waals surface area contributed by atoms with Crippen LogP contribution < -0.4 is 0 Å². The van der Waals surface area contributed by atoms with Crippen molar-refractivity contribution in [3.05, 3.63) is 40.6 Å². The van der Waals surface area contributed by atoms with E-state index in [2.05, 4.69) is 20.8 Å². The normalized spacial score (nSPS) is 32.5. The van der Waals surface area contributed by atoms with Crippen LogP contribution in [0.3, 0.4) is 0 Å². The molecule has 1 aromatic rings. The number of nitrogens with zero attached hydrogens (tertiary/aromatic N) is 1. The Morgan fingerprint density at radius 2 is 1.85 bits per heavy atom. The summed E-state index contributed by atoms with van der Waals surface area (Å²) in [6, 6.07) is 7.78. The van der Waals surface area contributed by atoms with E-state index >= 15 is 0 Å². The van der Waals surface area contributed by atoms with Gasteiger partial charge in [-0.15, -0.1) is 0 Å². The van der Waals surface area contributed by atoms with Crippen LogP contribution >= 0.6 is 15.9 Å². The van der Waals surface area contributed by atoms with Gasteiger partial charge < -0.3 is 14.7 Å². The second-order valence-electron chi connectivity index (χ2n) is 7.78. The van der Waals surface area contributed by atoms with Gasteiger partial charge in [0.25, 0.3) is 0 Å². The summed E-state index contributed by atoms with van der Waals surface area (Å²) in [6.07, 6.45) is 6.19. The van der Waals surface area contributed by atoms with Crippen molar-refractivity contribution in [2.45, 2.75) is 44.3 Å². The zero-order valence-corrected chi connectivity index (χ0v) is 16.5. The largest absolute Gasteiger partial charge is 0.496 e. The first kappa shape index (κ1) is 18.2. The Morgan fingerprint density at radius 1 is 1.12 bits per heavy atom. The number of likely N-dealkylation sites (tertiary alicyclic amines) is 1. The minimum absolute atomic E-state index is 0.0125. The standard InChI is InChI=1S/C21H26BrNO3/c22-15-6-4-14(5-7-15)18-13-26-21-16(20(18)25)8-9-19(24)17(21)12-23-10-2-1-3-11-23/h4-7,13,16-17,19,21,24H,1-3,8-12H2. The van der Waals surface area contributed by atoms with Gasteiger partial charge in [0.2, 0.25) is 0 Å². The Labute approximate surface area is 163 Å². The predicted molar refractivity (Wildman–Crippen MR) is 105 cm³/mol. The summed E-state index contributed by atoms with van der Waals surface area (Å²) in [4.78, 5) is 15.6. The van der Waals surface area contributed by atoms with Crippen LogP contribution in [0.1, 0.15) is 37.7 Å². The van der Waals surface area contributed by atoms with Crippen LogP contribution in [0.25, 0.3) is 5.57 Å². The van der Waals surface area contributed by atoms with Gasteiger partial charge in [0.15, 0.2) is 5.78 Å². The zero-order valence-electron chi connectivity index (χ0n) is 14.9. The van der Waals surface area contributed by atoms with E-state index in [9.17, 15) is 9.90 Å². The second kappa shape index (κ2) is 7.83. The summed E-state index contributed by atoms with van der Waals surface area (Å²) in [7, 11) is 0. The van der Waals surface area contributed by atoms with Gasteiger partial charge in [0.1, 0.15) is 6.10 Å². The maximum atomic E-state index is 13.1. The molecular formula is C21H26BrNO3. The number of hydrogen-bond donors (Lipinski definition) is 1. The third kappa shape index (κ3) is 3.62. The van der Waals surface area contributed by atoms with Crippen LogP contribution in [0.2, 0.25) is 0 Å². The quantitative estimate of drug-likeness (QED) is 0.812. The van der Waals surface area contributed by atoms with Gasteiger partial charge in [-0.05, 0) is 56.5 Å². The van der Waals surface area contributed by atoms with E-state index < -0.39 is 0 Å². The fraction of sp³-hybridized carbons (Fsp3) is 0.571. The SMILES string of the molecule is O=C1C(c2ccc(Br)cc2)=COC2C1CCC(O)C2CN1CCCCC1. The number of rotatable bonds is 3. The molecule has 4 unspecified atom stereocenters. The Kier molecular flexibility index (Phi) is 5.48. The van der Waals surface area contributed by atoms with Gasteiger partial charge in [-0.3, -0.25) is 4.79 Å². The number of allylic oxidation sites excluding steroid dienone is 1. The average molecular weight is 420 g/mol. The van der Waals surface area contributed by atoms with Gasteiger partial charge in [0.05, 0.1) is 23.9 Å². The number of carbonyl (C=O) groups is 1. The van der Waals surface area contributed by atoms with E-state index in [-0.39, 0.29) is 29.8 Å². The number of carbonyl (C=O) groups excluding carboxylic acids is 1. The van der Waals surface area contributed by atoms with E-state index in [4.69, 9.17) is 4.74 Å². The van der Waals surface area contributed by atoms with Crippen molar-refractivity contribution < 1.29 is 14.6 Å². The zero-order chi connectivity index (χ0) is 18.1. The van der Waals surface area contributed by atoms with Crippen molar-refractivity contribution in [2.75, 3.05) is 19.6 Å².